The summed E-state index contributed by atoms with van der Waals surface area (Å²) in [6.45, 7) is 0. The SMILES string of the molecule is Nc1nnc(SCC(=O)N2N=C3/C(=C/c4ccco4)CCC[C@@H]3[C@H]2c2ccco2)s1. The van der Waals surface area contributed by atoms with Crippen LogP contribution in [0.25, 0.3) is 6.08 Å². The number of nitrogens with two attached hydrogens (primary N) is 1. The second-order valence-electron chi connectivity index (χ2n) is 7.06. The van der Waals surface area contributed by atoms with Gasteiger partial charge in [0.05, 0.1) is 24.0 Å². The molecule has 1 saturated carbocycles. The quantitative estimate of drug-likeness (QED) is 0.590. The van der Waals surface area contributed by atoms with E-state index >= 15 is 0 Å². The van der Waals surface area contributed by atoms with Crippen LogP contribution in [0.1, 0.15) is 36.8 Å². The number of nitrogens with zero attached hydrogens (tertiary/aromatic N) is 4. The molecule has 30 heavy (non-hydrogen) atoms. The highest BCUT2D eigenvalue weighted by Gasteiger charge is 2.45. The van der Waals surface area contributed by atoms with E-state index in [1.165, 1.54) is 23.1 Å². The van der Waals surface area contributed by atoms with Crippen LogP contribution < -0.4 is 5.73 Å². The van der Waals surface area contributed by atoms with Crippen LogP contribution in [0.15, 0.2) is 60.6 Å². The summed E-state index contributed by atoms with van der Waals surface area (Å²) >= 11 is 2.58. The molecule has 3 aromatic rings. The average Bonchev–Trinajstić information content (AvgIpc) is 3.52. The van der Waals surface area contributed by atoms with Crippen molar-refractivity contribution in [3.05, 3.63) is 53.9 Å². The summed E-state index contributed by atoms with van der Waals surface area (Å²) in [4.78, 5) is 13.1. The topological polar surface area (TPSA) is 111 Å². The van der Waals surface area contributed by atoms with Crippen molar-refractivity contribution in [2.45, 2.75) is 29.6 Å². The zero-order valence-electron chi connectivity index (χ0n) is 15.9. The van der Waals surface area contributed by atoms with Crippen molar-refractivity contribution in [3.63, 3.8) is 0 Å². The van der Waals surface area contributed by atoms with E-state index in [4.69, 9.17) is 19.7 Å². The van der Waals surface area contributed by atoms with E-state index in [0.29, 0.717) is 9.47 Å². The van der Waals surface area contributed by atoms with Crippen molar-refractivity contribution in [2.24, 2.45) is 11.0 Å². The lowest BCUT2D eigenvalue weighted by molar-refractivity contribution is -0.131. The van der Waals surface area contributed by atoms with Crippen LogP contribution in [-0.4, -0.2) is 32.6 Å². The molecule has 0 bridgehead atoms. The molecule has 1 amide bonds. The van der Waals surface area contributed by atoms with Gasteiger partial charge in [-0.2, -0.15) is 5.10 Å². The van der Waals surface area contributed by atoms with Crippen molar-refractivity contribution in [1.82, 2.24) is 15.2 Å². The Balaban J connectivity index is 1.44. The number of hydrogen-bond donors (Lipinski definition) is 1. The van der Waals surface area contributed by atoms with Gasteiger partial charge in [0.15, 0.2) is 4.34 Å². The summed E-state index contributed by atoms with van der Waals surface area (Å²) in [6, 6.07) is 7.29. The van der Waals surface area contributed by atoms with Crippen molar-refractivity contribution in [3.8, 4) is 0 Å². The van der Waals surface area contributed by atoms with Crippen molar-refractivity contribution in [2.75, 3.05) is 11.5 Å². The minimum Gasteiger partial charge on any atom is -0.467 e. The average molecular weight is 442 g/mol. The molecule has 1 fully saturated rings. The predicted molar refractivity (Wildman–Crippen MR) is 115 cm³/mol. The minimum absolute atomic E-state index is 0.0947. The molecule has 0 aromatic carbocycles. The third-order valence-electron chi connectivity index (χ3n) is 5.19. The van der Waals surface area contributed by atoms with Gasteiger partial charge in [0, 0.05) is 5.92 Å². The largest absolute Gasteiger partial charge is 0.467 e. The lowest BCUT2D eigenvalue weighted by atomic mass is 9.79. The number of carbonyl (C=O) groups is 1. The highest BCUT2D eigenvalue weighted by Crippen LogP contribution is 2.44. The van der Waals surface area contributed by atoms with Crippen LogP contribution in [0.5, 0.6) is 0 Å². The van der Waals surface area contributed by atoms with Crippen LogP contribution in [-0.2, 0) is 4.79 Å². The van der Waals surface area contributed by atoms with Gasteiger partial charge in [0.25, 0.3) is 5.91 Å². The molecule has 154 valence electrons. The van der Waals surface area contributed by atoms with E-state index in [1.54, 1.807) is 17.5 Å². The van der Waals surface area contributed by atoms with Crippen molar-refractivity contribution in [1.29, 1.82) is 0 Å². The lowest BCUT2D eigenvalue weighted by Crippen LogP contribution is -2.32. The molecular weight excluding hydrogens is 422 g/mol. The number of fused-ring (bicyclic) bond motifs is 1. The Morgan fingerprint density at radius 3 is 2.90 bits per heavy atom. The summed E-state index contributed by atoms with van der Waals surface area (Å²) < 4.78 is 11.9. The summed E-state index contributed by atoms with van der Waals surface area (Å²) in [5.74, 6) is 1.73. The number of nitrogen functional groups attached to an aromatic ring is 1. The molecule has 2 atom stereocenters. The number of aromatic nitrogens is 2. The fourth-order valence-corrected chi connectivity index (χ4v) is 5.45. The van der Waals surface area contributed by atoms with Gasteiger partial charge in [-0.25, -0.2) is 5.01 Å². The minimum atomic E-state index is -0.247. The second kappa shape index (κ2) is 8.11. The summed E-state index contributed by atoms with van der Waals surface area (Å²) in [7, 11) is 0. The Labute approximate surface area is 180 Å². The molecule has 0 saturated heterocycles. The lowest BCUT2D eigenvalue weighted by Gasteiger charge is -2.27. The van der Waals surface area contributed by atoms with Gasteiger partial charge >= 0.3 is 0 Å². The van der Waals surface area contributed by atoms with E-state index < -0.39 is 0 Å². The number of hydrogen-bond acceptors (Lipinski definition) is 9. The standard InChI is InChI=1S/C20H19N5O3S2/c21-19-22-23-20(30-19)29-11-16(26)25-18(15-7-3-9-28-15)14-6-1-4-12(17(14)24-25)10-13-5-2-8-27-13/h2-3,5,7-10,14,18H,1,4,6,11H2,(H2,21,22)/b12-10+/t14-,18-/m0/s1. The number of carbonyl (C=O) groups excluding carboxylic acids is 1. The smallest absolute Gasteiger partial charge is 0.253 e. The molecule has 0 unspecified atom stereocenters. The molecular formula is C20H19N5O3S2. The highest BCUT2D eigenvalue weighted by molar-refractivity contribution is 8.01. The van der Waals surface area contributed by atoms with Crippen LogP contribution in [0.4, 0.5) is 5.13 Å². The Hall–Kier alpha value is -2.85. The zero-order valence-corrected chi connectivity index (χ0v) is 17.6. The van der Waals surface area contributed by atoms with Crippen molar-refractivity contribution < 1.29 is 13.6 Å². The Kier molecular flexibility index (Phi) is 5.17. The van der Waals surface area contributed by atoms with Gasteiger partial charge in [-0.05, 0) is 55.2 Å². The molecule has 1 aliphatic carbocycles. The van der Waals surface area contributed by atoms with Crippen LogP contribution in [0, 0.1) is 5.92 Å². The first kappa shape index (κ1) is 19.1. The number of allylic oxidation sites excluding steroid dienone is 1. The van der Waals surface area contributed by atoms with Gasteiger partial charge in [0.1, 0.15) is 17.6 Å². The monoisotopic (exact) mass is 441 g/mol. The number of furan rings is 2. The van der Waals surface area contributed by atoms with E-state index in [-0.39, 0.29) is 23.6 Å². The van der Waals surface area contributed by atoms with E-state index in [2.05, 4.69) is 10.2 Å². The number of rotatable bonds is 5. The molecule has 8 nitrogen and oxygen atoms in total. The van der Waals surface area contributed by atoms with Crippen LogP contribution >= 0.6 is 23.1 Å². The normalized spacial score (nSPS) is 22.3. The molecule has 0 spiro atoms. The maximum atomic E-state index is 13.1. The number of amides is 1. The predicted octanol–water partition coefficient (Wildman–Crippen LogP) is 4.22. The fourth-order valence-electron chi connectivity index (χ4n) is 3.96. The number of anilines is 1. The molecule has 3 aromatic heterocycles. The van der Waals surface area contributed by atoms with Gasteiger partial charge in [0.2, 0.25) is 5.13 Å². The number of hydrazone groups is 1. The fraction of sp³-hybridized carbons (Fsp3) is 0.300. The summed E-state index contributed by atoms with van der Waals surface area (Å²) in [5.41, 5.74) is 7.68. The second-order valence-corrected chi connectivity index (χ2v) is 9.29. The van der Waals surface area contributed by atoms with E-state index in [0.717, 1.165) is 42.1 Å². The Morgan fingerprint density at radius 1 is 1.30 bits per heavy atom. The first-order valence-electron chi connectivity index (χ1n) is 9.59. The van der Waals surface area contributed by atoms with Crippen molar-refractivity contribution >= 4 is 45.9 Å². The molecule has 2 N–H and O–H groups in total. The Bertz CT molecular complexity index is 1090. The first-order valence-corrected chi connectivity index (χ1v) is 11.4. The van der Waals surface area contributed by atoms with Gasteiger partial charge < -0.3 is 14.6 Å². The molecule has 5 rings (SSSR count). The van der Waals surface area contributed by atoms with Crippen LogP contribution in [0.2, 0.25) is 0 Å². The van der Waals surface area contributed by atoms with E-state index in [9.17, 15) is 4.79 Å². The van der Waals surface area contributed by atoms with Gasteiger partial charge in [-0.15, -0.1) is 10.2 Å². The molecule has 1 aliphatic heterocycles. The number of thioether (sulfide) groups is 1. The summed E-state index contributed by atoms with van der Waals surface area (Å²) in [5, 5.41) is 14.5. The third-order valence-corrected chi connectivity index (χ3v) is 7.06. The third kappa shape index (κ3) is 3.68. The maximum Gasteiger partial charge on any atom is 0.253 e. The van der Waals surface area contributed by atoms with Crippen LogP contribution in [0.3, 0.4) is 0 Å². The highest BCUT2D eigenvalue weighted by atomic mass is 32.2. The van der Waals surface area contributed by atoms with E-state index in [1.807, 2.05) is 30.3 Å². The van der Waals surface area contributed by atoms with Gasteiger partial charge in [-0.3, -0.25) is 4.79 Å². The molecule has 4 heterocycles. The molecule has 0 radical (unpaired) electrons. The summed E-state index contributed by atoms with van der Waals surface area (Å²) in [6.07, 6.45) is 8.19. The molecule has 2 aliphatic rings. The zero-order chi connectivity index (χ0) is 20.5. The molecule has 10 heteroatoms. The van der Waals surface area contributed by atoms with Gasteiger partial charge in [-0.1, -0.05) is 23.1 Å². The Morgan fingerprint density at radius 2 is 2.17 bits per heavy atom. The first-order chi connectivity index (χ1) is 14.7. The maximum absolute atomic E-state index is 13.1.